The maximum Gasteiger partial charge on any atom is 0.341 e. The van der Waals surface area contributed by atoms with Gasteiger partial charge in [0.15, 0.2) is 0 Å². The van der Waals surface area contributed by atoms with E-state index in [9.17, 15) is 25.0 Å². The fourth-order valence-electron chi connectivity index (χ4n) is 3.30. The van der Waals surface area contributed by atoms with Crippen molar-refractivity contribution in [1.82, 2.24) is 0 Å². The van der Waals surface area contributed by atoms with E-state index in [4.69, 9.17) is 4.74 Å². The number of nitro groups is 2. The van der Waals surface area contributed by atoms with Gasteiger partial charge in [-0.05, 0) is 45.1 Å². The summed E-state index contributed by atoms with van der Waals surface area (Å²) in [6.45, 7) is 3.46. The molecule has 0 unspecified atom stereocenters. The smallest absolute Gasteiger partial charge is 0.341 e. The summed E-state index contributed by atoms with van der Waals surface area (Å²) in [5.41, 5.74) is 1.11. The average Bonchev–Trinajstić information content (AvgIpc) is 3.01. The Morgan fingerprint density at radius 1 is 1.21 bits per heavy atom. The molecular weight excluding hydrogens is 386 g/mol. The van der Waals surface area contributed by atoms with Gasteiger partial charge in [0, 0.05) is 10.9 Å². The van der Waals surface area contributed by atoms with E-state index in [0.717, 1.165) is 42.2 Å². The first-order valence-electron chi connectivity index (χ1n) is 8.85. The van der Waals surface area contributed by atoms with Crippen molar-refractivity contribution in [3.8, 4) is 0 Å². The van der Waals surface area contributed by atoms with E-state index in [1.165, 1.54) is 24.3 Å². The number of rotatable bonds is 6. The average molecular weight is 405 g/mol. The Morgan fingerprint density at radius 2 is 1.93 bits per heavy atom. The quantitative estimate of drug-likeness (QED) is 0.420. The molecule has 9 nitrogen and oxygen atoms in total. The number of non-ortho nitro benzene ring substituents is 1. The molecule has 10 heteroatoms. The van der Waals surface area contributed by atoms with Crippen molar-refractivity contribution >= 4 is 39.4 Å². The number of ether oxygens (including phenoxy) is 1. The third kappa shape index (κ3) is 3.68. The zero-order valence-corrected chi connectivity index (χ0v) is 16.3. The lowest BCUT2D eigenvalue weighted by molar-refractivity contribution is -0.394. The fraction of sp³-hybridized carbons (Fsp3) is 0.389. The van der Waals surface area contributed by atoms with Crippen LogP contribution in [-0.4, -0.2) is 22.4 Å². The first kappa shape index (κ1) is 19.7. The third-order valence-corrected chi connectivity index (χ3v) is 5.88. The number of hydrogen-bond acceptors (Lipinski definition) is 8. The molecule has 1 aliphatic rings. The van der Waals surface area contributed by atoms with Crippen LogP contribution in [0.3, 0.4) is 0 Å². The lowest BCUT2D eigenvalue weighted by Crippen LogP contribution is -2.11. The summed E-state index contributed by atoms with van der Waals surface area (Å²) < 4.78 is 5.20. The minimum atomic E-state index is -0.677. The van der Waals surface area contributed by atoms with Crippen molar-refractivity contribution in [2.45, 2.75) is 39.5 Å². The van der Waals surface area contributed by atoms with Crippen molar-refractivity contribution < 1.29 is 19.4 Å². The minimum Gasteiger partial charge on any atom is -0.462 e. The first-order chi connectivity index (χ1) is 13.3. The van der Waals surface area contributed by atoms with Gasteiger partial charge in [0.05, 0.1) is 39.3 Å². The Morgan fingerprint density at radius 3 is 2.57 bits per heavy atom. The molecule has 0 spiro atoms. The van der Waals surface area contributed by atoms with Crippen LogP contribution in [0.5, 0.6) is 0 Å². The second-order valence-corrected chi connectivity index (χ2v) is 7.52. The van der Waals surface area contributed by atoms with Gasteiger partial charge in [-0.2, -0.15) is 0 Å². The van der Waals surface area contributed by atoms with Gasteiger partial charge in [-0.15, -0.1) is 11.3 Å². The number of carbonyl (C=O) groups excluding carboxylic acids is 1. The van der Waals surface area contributed by atoms with Crippen LogP contribution in [0.4, 0.5) is 22.1 Å². The number of hydrogen-bond donors (Lipinski definition) is 1. The Hall–Kier alpha value is -3.01. The molecule has 0 bridgehead atoms. The highest BCUT2D eigenvalue weighted by Gasteiger charge is 2.28. The lowest BCUT2D eigenvalue weighted by Gasteiger charge is -2.13. The van der Waals surface area contributed by atoms with Gasteiger partial charge >= 0.3 is 5.97 Å². The predicted molar refractivity (Wildman–Crippen MR) is 105 cm³/mol. The minimum absolute atomic E-state index is 0.226. The zero-order valence-electron chi connectivity index (χ0n) is 15.4. The summed E-state index contributed by atoms with van der Waals surface area (Å²) in [5, 5.41) is 26.0. The first-order valence-corrected chi connectivity index (χ1v) is 9.67. The van der Waals surface area contributed by atoms with Crippen LogP contribution in [0, 0.1) is 27.2 Å². The number of nitro benzene ring substituents is 2. The Labute approximate surface area is 164 Å². The Balaban J connectivity index is 2.11. The van der Waals surface area contributed by atoms with Crippen LogP contribution in [0.2, 0.25) is 0 Å². The maximum absolute atomic E-state index is 12.6. The van der Waals surface area contributed by atoms with Crippen molar-refractivity contribution in [1.29, 1.82) is 0 Å². The summed E-state index contributed by atoms with van der Waals surface area (Å²) in [6.07, 6.45) is 3.60. The molecule has 2 aromatic rings. The van der Waals surface area contributed by atoms with Crippen molar-refractivity contribution in [3.63, 3.8) is 0 Å². The van der Waals surface area contributed by atoms with E-state index in [-0.39, 0.29) is 29.2 Å². The van der Waals surface area contributed by atoms with E-state index in [1.54, 1.807) is 6.92 Å². The van der Waals surface area contributed by atoms with Crippen LogP contribution in [0.25, 0.3) is 0 Å². The van der Waals surface area contributed by atoms with Gasteiger partial charge in [0.1, 0.15) is 5.00 Å². The molecule has 1 aromatic carbocycles. The molecular formula is C18H19N3O6S. The summed E-state index contributed by atoms with van der Waals surface area (Å²) in [5.74, 6) is -0.456. The second-order valence-electron chi connectivity index (χ2n) is 6.41. The number of aryl methyl sites for hydroxylation is 1. The highest BCUT2D eigenvalue weighted by molar-refractivity contribution is 7.16. The number of fused-ring (bicyclic) bond motifs is 1. The summed E-state index contributed by atoms with van der Waals surface area (Å²) in [6, 6.07) is 2.18. The normalized spacial score (nSPS) is 12.9. The van der Waals surface area contributed by atoms with Gasteiger partial charge in [-0.3, -0.25) is 20.2 Å². The molecule has 0 fully saturated rings. The Kier molecular flexibility index (Phi) is 5.59. The van der Waals surface area contributed by atoms with E-state index >= 15 is 0 Å². The number of nitrogens with zero attached hydrogens (tertiary/aromatic N) is 2. The van der Waals surface area contributed by atoms with Crippen LogP contribution in [-0.2, 0) is 17.6 Å². The number of thiophene rings is 1. The van der Waals surface area contributed by atoms with Gasteiger partial charge in [0.25, 0.3) is 11.4 Å². The molecule has 3 rings (SSSR count). The van der Waals surface area contributed by atoms with E-state index in [0.29, 0.717) is 10.6 Å². The van der Waals surface area contributed by atoms with Gasteiger partial charge < -0.3 is 10.1 Å². The molecule has 0 aliphatic heterocycles. The molecule has 0 radical (unpaired) electrons. The molecule has 1 N–H and O–H groups in total. The maximum atomic E-state index is 12.6. The number of nitrogens with one attached hydrogen (secondary N) is 1. The zero-order chi connectivity index (χ0) is 20.4. The van der Waals surface area contributed by atoms with Gasteiger partial charge in [0.2, 0.25) is 0 Å². The van der Waals surface area contributed by atoms with Crippen LogP contribution in [0.15, 0.2) is 12.1 Å². The fourth-order valence-corrected chi connectivity index (χ4v) is 4.59. The lowest BCUT2D eigenvalue weighted by atomic mass is 9.95. The van der Waals surface area contributed by atoms with Crippen LogP contribution >= 0.6 is 11.3 Å². The third-order valence-electron chi connectivity index (χ3n) is 4.67. The van der Waals surface area contributed by atoms with Crippen molar-refractivity contribution in [2.24, 2.45) is 0 Å². The van der Waals surface area contributed by atoms with E-state index in [1.807, 2.05) is 0 Å². The monoisotopic (exact) mass is 405 g/mol. The van der Waals surface area contributed by atoms with E-state index < -0.39 is 15.8 Å². The molecule has 0 atom stereocenters. The second kappa shape index (κ2) is 7.93. The standard InChI is InChI=1S/C18H19N3O6S/c1-3-27-18(22)16-12-6-4-5-7-15(12)28-17(16)19-13-8-11(20(23)24)9-14(10(13)2)21(25)26/h8-9,19H,3-7H2,1-2H3. The molecule has 0 saturated carbocycles. The van der Waals surface area contributed by atoms with Gasteiger partial charge in [-0.1, -0.05) is 0 Å². The van der Waals surface area contributed by atoms with Crippen LogP contribution < -0.4 is 5.32 Å². The molecule has 1 aromatic heterocycles. The van der Waals surface area contributed by atoms with E-state index in [2.05, 4.69) is 5.32 Å². The summed E-state index contributed by atoms with van der Waals surface area (Å²) in [7, 11) is 0. The molecule has 0 amide bonds. The molecule has 0 saturated heterocycles. The largest absolute Gasteiger partial charge is 0.462 e. The van der Waals surface area contributed by atoms with Crippen molar-refractivity contribution in [2.75, 3.05) is 11.9 Å². The summed E-state index contributed by atoms with van der Waals surface area (Å²) in [4.78, 5) is 34.8. The summed E-state index contributed by atoms with van der Waals surface area (Å²) >= 11 is 1.40. The van der Waals surface area contributed by atoms with Crippen LogP contribution in [0.1, 0.15) is 46.1 Å². The van der Waals surface area contributed by atoms with Crippen molar-refractivity contribution in [3.05, 3.63) is 53.9 Å². The molecule has 1 aliphatic carbocycles. The molecule has 148 valence electrons. The molecule has 28 heavy (non-hydrogen) atoms. The number of esters is 1. The number of anilines is 2. The highest BCUT2D eigenvalue weighted by atomic mass is 32.1. The number of carbonyl (C=O) groups is 1. The molecule has 1 heterocycles. The SMILES string of the molecule is CCOC(=O)c1c(Nc2cc([N+](=O)[O-])cc([N+](=O)[O-])c2C)sc2c1CCCC2. The number of benzene rings is 1. The highest BCUT2D eigenvalue weighted by Crippen LogP contribution is 2.42. The Bertz CT molecular complexity index is 969. The predicted octanol–water partition coefficient (Wildman–Crippen LogP) is 4.67. The topological polar surface area (TPSA) is 125 Å². The van der Waals surface area contributed by atoms with Gasteiger partial charge in [-0.25, -0.2) is 4.79 Å².